The monoisotopic (exact) mass is 441 g/mol. The van der Waals surface area contributed by atoms with E-state index in [0.717, 1.165) is 25.1 Å². The second kappa shape index (κ2) is 9.46. The maximum absolute atomic E-state index is 15.0. The Balaban J connectivity index is 1.48. The highest BCUT2D eigenvalue weighted by Crippen LogP contribution is 2.32. The number of hydrogen-bond acceptors (Lipinski definition) is 5. The van der Waals surface area contributed by atoms with Crippen molar-refractivity contribution in [2.24, 2.45) is 0 Å². The van der Waals surface area contributed by atoms with Gasteiger partial charge in [-0.05, 0) is 75.3 Å². The van der Waals surface area contributed by atoms with Crippen LogP contribution in [-0.4, -0.2) is 68.4 Å². The number of nitrogens with zero attached hydrogens (tertiary/aromatic N) is 3. The number of carbonyl (C=O) groups excluding carboxylic acids is 1. The van der Waals surface area contributed by atoms with E-state index >= 15 is 4.39 Å². The number of aliphatic hydroxyl groups is 1. The highest BCUT2D eigenvalue weighted by Gasteiger charge is 2.29. The van der Waals surface area contributed by atoms with Gasteiger partial charge in [-0.3, -0.25) is 4.79 Å². The molecule has 0 bridgehead atoms. The molecular weight excluding hydrogens is 409 g/mol. The molecule has 2 aliphatic rings. The summed E-state index contributed by atoms with van der Waals surface area (Å²) in [5, 5.41) is 9.69. The van der Waals surface area contributed by atoms with Gasteiger partial charge in [0.25, 0.3) is 5.91 Å². The molecule has 1 amide bonds. The zero-order chi connectivity index (χ0) is 22.8. The first-order valence-electron chi connectivity index (χ1n) is 11.3. The Bertz CT molecular complexity index is 981. The van der Waals surface area contributed by atoms with Crippen molar-refractivity contribution in [2.75, 3.05) is 50.1 Å². The van der Waals surface area contributed by atoms with E-state index in [9.17, 15) is 9.90 Å². The fraction of sp³-hybridized carbons (Fsp3) is 0.480. The highest BCUT2D eigenvalue weighted by atomic mass is 19.1. The van der Waals surface area contributed by atoms with Gasteiger partial charge < -0.3 is 24.5 Å². The van der Waals surface area contributed by atoms with Crippen molar-refractivity contribution in [3.05, 3.63) is 53.3 Å². The number of benzene rings is 2. The average Bonchev–Trinajstić information content (AvgIpc) is 3.28. The van der Waals surface area contributed by atoms with Crippen molar-refractivity contribution in [3.63, 3.8) is 0 Å². The molecule has 6 nitrogen and oxygen atoms in total. The molecule has 7 heteroatoms. The predicted molar refractivity (Wildman–Crippen MR) is 124 cm³/mol. The maximum atomic E-state index is 15.0. The Morgan fingerprint density at radius 1 is 1.22 bits per heavy atom. The summed E-state index contributed by atoms with van der Waals surface area (Å²) < 4.78 is 20.6. The van der Waals surface area contributed by atoms with Crippen LogP contribution in [-0.2, 0) is 6.42 Å². The second-order valence-electron chi connectivity index (χ2n) is 8.89. The summed E-state index contributed by atoms with van der Waals surface area (Å²) in [5.74, 6) is 0.223. The second-order valence-corrected chi connectivity index (χ2v) is 8.89. The number of anilines is 2. The number of likely N-dealkylation sites (N-methyl/N-ethyl adjacent to an activating group) is 1. The minimum atomic E-state index is -0.504. The largest absolute Gasteiger partial charge is 0.491 e. The van der Waals surface area contributed by atoms with Crippen molar-refractivity contribution in [1.29, 1.82) is 0 Å². The molecule has 0 saturated carbocycles. The van der Waals surface area contributed by atoms with E-state index in [-0.39, 0.29) is 18.3 Å². The smallest absolute Gasteiger partial charge is 0.258 e. The number of aliphatic hydroxyl groups excluding tert-OH is 1. The van der Waals surface area contributed by atoms with Gasteiger partial charge in [-0.15, -0.1) is 0 Å². The Morgan fingerprint density at radius 3 is 2.72 bits per heavy atom. The van der Waals surface area contributed by atoms with Crippen LogP contribution < -0.4 is 14.5 Å². The summed E-state index contributed by atoms with van der Waals surface area (Å²) in [7, 11) is 4.11. The van der Waals surface area contributed by atoms with Crippen molar-refractivity contribution in [2.45, 2.75) is 38.3 Å². The lowest BCUT2D eigenvalue weighted by Crippen LogP contribution is -2.37. The van der Waals surface area contributed by atoms with Crippen LogP contribution in [0, 0.1) is 5.82 Å². The molecule has 2 aliphatic heterocycles. The molecule has 1 saturated heterocycles. The molecule has 0 aromatic heterocycles. The number of hydrogen-bond donors (Lipinski definition) is 1. The third kappa shape index (κ3) is 4.59. The quantitative estimate of drug-likeness (QED) is 0.715. The predicted octanol–water partition coefficient (Wildman–Crippen LogP) is 3.32. The number of rotatable bonds is 7. The molecule has 0 spiro atoms. The first-order valence-corrected chi connectivity index (χ1v) is 11.3. The van der Waals surface area contributed by atoms with E-state index in [4.69, 9.17) is 4.74 Å². The summed E-state index contributed by atoms with van der Waals surface area (Å²) in [5.41, 5.74) is 2.70. The molecule has 2 atom stereocenters. The first kappa shape index (κ1) is 22.6. The van der Waals surface area contributed by atoms with Gasteiger partial charge in [0.05, 0.1) is 11.8 Å². The minimum Gasteiger partial charge on any atom is -0.491 e. The van der Waals surface area contributed by atoms with Gasteiger partial charge in [0.2, 0.25) is 0 Å². The molecule has 0 radical (unpaired) electrons. The van der Waals surface area contributed by atoms with Crippen molar-refractivity contribution < 1.29 is 19.0 Å². The van der Waals surface area contributed by atoms with Crippen LogP contribution in [0.4, 0.5) is 15.8 Å². The molecule has 32 heavy (non-hydrogen) atoms. The summed E-state index contributed by atoms with van der Waals surface area (Å²) in [6, 6.07) is 10.9. The van der Waals surface area contributed by atoms with Crippen LogP contribution in [0.1, 0.15) is 35.7 Å². The van der Waals surface area contributed by atoms with Crippen molar-refractivity contribution in [1.82, 2.24) is 4.90 Å². The third-order valence-electron chi connectivity index (χ3n) is 6.55. The van der Waals surface area contributed by atoms with E-state index in [1.807, 2.05) is 19.1 Å². The zero-order valence-electron chi connectivity index (χ0n) is 19.1. The van der Waals surface area contributed by atoms with E-state index in [1.165, 1.54) is 6.07 Å². The van der Waals surface area contributed by atoms with Crippen LogP contribution in [0.3, 0.4) is 0 Å². The van der Waals surface area contributed by atoms with Crippen molar-refractivity contribution >= 4 is 17.3 Å². The standard InChI is InChI=1S/C25H32FN3O3/c1-4-20(30)16-32-21-6-7-22-17(13-21)9-12-29(25(22)31)18-5-8-24(23(26)14-18)28-11-10-19(15-28)27(2)3/h5-8,13-14,19-20,30H,4,9-12,15-16H2,1-3H3/t19-,20?/m1/s1. The van der Waals surface area contributed by atoms with Crippen molar-refractivity contribution in [3.8, 4) is 5.75 Å². The molecular formula is C25H32FN3O3. The van der Waals surface area contributed by atoms with E-state index in [0.29, 0.717) is 48.1 Å². The lowest BCUT2D eigenvalue weighted by Gasteiger charge is -2.30. The van der Waals surface area contributed by atoms with E-state index in [1.54, 1.807) is 23.1 Å². The third-order valence-corrected chi connectivity index (χ3v) is 6.55. The van der Waals surface area contributed by atoms with Gasteiger partial charge >= 0.3 is 0 Å². The molecule has 1 unspecified atom stereocenters. The molecule has 2 heterocycles. The van der Waals surface area contributed by atoms with Crippen LogP contribution in [0.25, 0.3) is 0 Å². The topological polar surface area (TPSA) is 56.3 Å². The SMILES string of the molecule is CCC(O)COc1ccc2c(c1)CCN(c1ccc(N3CC[C@@H](N(C)C)C3)c(F)c1)C2=O. The van der Waals surface area contributed by atoms with Gasteiger partial charge in [-0.2, -0.15) is 0 Å². The fourth-order valence-electron chi connectivity index (χ4n) is 4.41. The van der Waals surface area contributed by atoms with Crippen LogP contribution in [0.2, 0.25) is 0 Å². The summed E-state index contributed by atoms with van der Waals surface area (Å²) >= 11 is 0. The maximum Gasteiger partial charge on any atom is 0.258 e. The Hall–Kier alpha value is -2.64. The molecule has 0 aliphatic carbocycles. The minimum absolute atomic E-state index is 0.132. The van der Waals surface area contributed by atoms with E-state index < -0.39 is 6.10 Å². The zero-order valence-corrected chi connectivity index (χ0v) is 19.1. The lowest BCUT2D eigenvalue weighted by molar-refractivity contribution is 0.0978. The van der Waals surface area contributed by atoms with Crippen LogP contribution in [0.15, 0.2) is 36.4 Å². The summed E-state index contributed by atoms with van der Waals surface area (Å²) in [6.07, 6.45) is 1.80. The van der Waals surface area contributed by atoms with Crippen LogP contribution >= 0.6 is 0 Å². The molecule has 172 valence electrons. The summed E-state index contributed by atoms with van der Waals surface area (Å²) in [4.78, 5) is 19.0. The molecule has 1 fully saturated rings. The van der Waals surface area contributed by atoms with Gasteiger partial charge in [-0.25, -0.2) is 4.39 Å². The lowest BCUT2D eigenvalue weighted by atomic mass is 9.98. The van der Waals surface area contributed by atoms with E-state index in [2.05, 4.69) is 23.9 Å². The van der Waals surface area contributed by atoms with Gasteiger partial charge in [-0.1, -0.05) is 6.92 Å². The molecule has 4 rings (SSSR count). The molecule has 2 aromatic carbocycles. The summed E-state index contributed by atoms with van der Waals surface area (Å²) in [6.45, 7) is 4.24. The molecule has 2 aromatic rings. The number of fused-ring (bicyclic) bond motifs is 1. The normalized spacial score (nSPS) is 19.4. The Labute approximate surface area is 189 Å². The number of carbonyl (C=O) groups is 1. The fourth-order valence-corrected chi connectivity index (χ4v) is 4.41. The highest BCUT2D eigenvalue weighted by molar-refractivity contribution is 6.08. The molecule has 1 N–H and O–H groups in total. The Morgan fingerprint density at radius 2 is 2.03 bits per heavy atom. The van der Waals surface area contributed by atoms with Gasteiger partial charge in [0.1, 0.15) is 18.2 Å². The van der Waals surface area contributed by atoms with Gasteiger partial charge in [0, 0.05) is 36.9 Å². The number of amides is 1. The number of ether oxygens (including phenoxy) is 1. The number of halogens is 1. The first-order chi connectivity index (χ1) is 15.4. The Kier molecular flexibility index (Phi) is 6.67. The van der Waals surface area contributed by atoms with Gasteiger partial charge in [0.15, 0.2) is 0 Å². The average molecular weight is 442 g/mol. The van der Waals surface area contributed by atoms with Crippen LogP contribution in [0.5, 0.6) is 5.75 Å².